The molecule has 0 atom stereocenters. The molecule has 0 aromatic carbocycles. The second kappa shape index (κ2) is 8.62. The molecule has 1 saturated heterocycles. The van der Waals surface area contributed by atoms with Crippen LogP contribution in [0.3, 0.4) is 0 Å². The van der Waals surface area contributed by atoms with E-state index in [0.29, 0.717) is 44.8 Å². The van der Waals surface area contributed by atoms with Crippen LogP contribution in [0.25, 0.3) is 0 Å². The fourth-order valence-electron chi connectivity index (χ4n) is 2.25. The molecule has 1 heterocycles. The molecule has 0 aromatic rings. The van der Waals surface area contributed by atoms with Crippen LogP contribution in [0.1, 0.15) is 52.4 Å². The van der Waals surface area contributed by atoms with Gasteiger partial charge in [0.2, 0.25) is 15.9 Å². The van der Waals surface area contributed by atoms with Crippen LogP contribution < -0.4 is 5.32 Å². The van der Waals surface area contributed by atoms with Crippen molar-refractivity contribution >= 4 is 15.9 Å². The Bertz CT molecular complexity index is 387. The first kappa shape index (κ1) is 17.4. The van der Waals surface area contributed by atoms with Gasteiger partial charge in [-0.25, -0.2) is 12.7 Å². The maximum absolute atomic E-state index is 12.1. The molecule has 20 heavy (non-hydrogen) atoms. The summed E-state index contributed by atoms with van der Waals surface area (Å²) >= 11 is 0. The molecule has 0 radical (unpaired) electrons. The van der Waals surface area contributed by atoms with Gasteiger partial charge in [-0.05, 0) is 31.6 Å². The Morgan fingerprint density at radius 1 is 1.15 bits per heavy atom. The molecular weight excluding hydrogens is 276 g/mol. The van der Waals surface area contributed by atoms with Crippen molar-refractivity contribution < 1.29 is 13.2 Å². The number of hydrogen-bond acceptors (Lipinski definition) is 3. The number of rotatable bonds is 8. The maximum atomic E-state index is 12.1. The fraction of sp³-hybridized carbons (Fsp3) is 0.929. The van der Waals surface area contributed by atoms with E-state index in [0.717, 1.165) is 19.3 Å². The van der Waals surface area contributed by atoms with Crippen molar-refractivity contribution in [1.29, 1.82) is 0 Å². The second-order valence-electron chi connectivity index (χ2n) is 5.93. The average molecular weight is 304 g/mol. The van der Waals surface area contributed by atoms with E-state index in [1.165, 1.54) is 0 Å². The molecule has 1 aliphatic rings. The lowest BCUT2D eigenvalue weighted by Gasteiger charge is -2.25. The molecule has 0 bridgehead atoms. The quantitative estimate of drug-likeness (QED) is 0.695. The molecule has 118 valence electrons. The normalized spacial score (nSPS) is 17.4. The zero-order valence-electron chi connectivity index (χ0n) is 12.7. The van der Waals surface area contributed by atoms with Crippen LogP contribution >= 0.6 is 0 Å². The fourth-order valence-corrected chi connectivity index (χ4v) is 3.89. The number of unbranched alkanes of at least 4 members (excludes halogenated alkanes) is 1. The smallest absolute Gasteiger partial charge is 0.220 e. The summed E-state index contributed by atoms with van der Waals surface area (Å²) in [6, 6.07) is 0. The van der Waals surface area contributed by atoms with Crippen LogP contribution in [0.2, 0.25) is 0 Å². The average Bonchev–Trinajstić information content (AvgIpc) is 2.42. The molecule has 0 aromatic heterocycles. The summed E-state index contributed by atoms with van der Waals surface area (Å²) in [5.41, 5.74) is 0. The number of piperidine rings is 1. The molecule has 0 aliphatic carbocycles. The molecule has 1 amide bonds. The van der Waals surface area contributed by atoms with E-state index >= 15 is 0 Å². The van der Waals surface area contributed by atoms with Gasteiger partial charge < -0.3 is 5.32 Å². The van der Waals surface area contributed by atoms with E-state index in [4.69, 9.17) is 0 Å². The highest BCUT2D eigenvalue weighted by Crippen LogP contribution is 2.14. The van der Waals surface area contributed by atoms with Crippen molar-refractivity contribution in [3.05, 3.63) is 0 Å². The van der Waals surface area contributed by atoms with E-state index < -0.39 is 10.0 Å². The van der Waals surface area contributed by atoms with Crippen LogP contribution in [0.15, 0.2) is 0 Å². The minimum Gasteiger partial charge on any atom is -0.356 e. The molecular formula is C14H28N2O3S. The summed E-state index contributed by atoms with van der Waals surface area (Å²) in [5.74, 6) is 0.636. The summed E-state index contributed by atoms with van der Waals surface area (Å²) in [5, 5.41) is 2.84. The van der Waals surface area contributed by atoms with Gasteiger partial charge in [0.1, 0.15) is 0 Å². The third-order valence-corrected chi connectivity index (χ3v) is 5.43. The molecule has 0 spiro atoms. The first-order valence-corrected chi connectivity index (χ1v) is 9.27. The van der Waals surface area contributed by atoms with E-state index in [1.54, 1.807) is 4.31 Å². The van der Waals surface area contributed by atoms with Gasteiger partial charge in [0.05, 0.1) is 5.75 Å². The lowest BCUT2D eigenvalue weighted by molar-refractivity contribution is -0.121. The van der Waals surface area contributed by atoms with Crippen molar-refractivity contribution in [1.82, 2.24) is 9.62 Å². The van der Waals surface area contributed by atoms with Crippen molar-refractivity contribution in [3.8, 4) is 0 Å². The number of carbonyl (C=O) groups is 1. The molecule has 1 rings (SSSR count). The van der Waals surface area contributed by atoms with E-state index in [-0.39, 0.29) is 11.7 Å². The molecule has 6 heteroatoms. The standard InChI is InChI=1S/C14H28N2O3S/c1-13(2)12-15-14(17)8-4-7-11-20(18,19)16-9-5-3-6-10-16/h13H,3-12H2,1-2H3,(H,15,17). The van der Waals surface area contributed by atoms with E-state index in [1.807, 2.05) is 13.8 Å². The van der Waals surface area contributed by atoms with Gasteiger partial charge in [0, 0.05) is 26.1 Å². The Morgan fingerprint density at radius 3 is 2.40 bits per heavy atom. The minimum atomic E-state index is -3.11. The van der Waals surface area contributed by atoms with Gasteiger partial charge in [0.15, 0.2) is 0 Å². The first-order chi connectivity index (χ1) is 9.42. The predicted molar refractivity (Wildman–Crippen MR) is 80.9 cm³/mol. The number of amides is 1. The molecule has 0 unspecified atom stereocenters. The lowest BCUT2D eigenvalue weighted by atomic mass is 10.2. The number of nitrogens with zero attached hydrogens (tertiary/aromatic N) is 1. The van der Waals surface area contributed by atoms with Crippen LogP contribution in [0, 0.1) is 5.92 Å². The Labute approximate surface area is 123 Å². The third kappa shape index (κ3) is 6.70. The van der Waals surface area contributed by atoms with Crippen molar-refractivity contribution in [3.63, 3.8) is 0 Å². The summed E-state index contributed by atoms with van der Waals surface area (Å²) in [7, 11) is -3.11. The van der Waals surface area contributed by atoms with Gasteiger partial charge in [-0.15, -0.1) is 0 Å². The predicted octanol–water partition coefficient (Wildman–Crippen LogP) is 1.74. The Morgan fingerprint density at radius 2 is 1.80 bits per heavy atom. The highest BCUT2D eigenvalue weighted by atomic mass is 32.2. The van der Waals surface area contributed by atoms with Crippen LogP contribution in [-0.2, 0) is 14.8 Å². The Hall–Kier alpha value is -0.620. The third-order valence-electron chi connectivity index (χ3n) is 3.47. The monoisotopic (exact) mass is 304 g/mol. The summed E-state index contributed by atoms with van der Waals surface area (Å²) in [6.45, 7) is 6.11. The number of nitrogens with one attached hydrogen (secondary N) is 1. The van der Waals surface area contributed by atoms with Gasteiger partial charge in [0.25, 0.3) is 0 Å². The van der Waals surface area contributed by atoms with Gasteiger partial charge >= 0.3 is 0 Å². The van der Waals surface area contributed by atoms with E-state index in [9.17, 15) is 13.2 Å². The number of carbonyl (C=O) groups excluding carboxylic acids is 1. The molecule has 1 fully saturated rings. The summed E-state index contributed by atoms with van der Waals surface area (Å²) < 4.78 is 25.7. The minimum absolute atomic E-state index is 0.0223. The largest absolute Gasteiger partial charge is 0.356 e. The van der Waals surface area contributed by atoms with Gasteiger partial charge in [-0.2, -0.15) is 0 Å². The zero-order chi connectivity index (χ0) is 15.0. The zero-order valence-corrected chi connectivity index (χ0v) is 13.5. The molecule has 1 aliphatic heterocycles. The van der Waals surface area contributed by atoms with Crippen molar-refractivity contribution in [2.24, 2.45) is 5.92 Å². The van der Waals surface area contributed by atoms with Crippen molar-refractivity contribution in [2.45, 2.75) is 52.4 Å². The van der Waals surface area contributed by atoms with Crippen molar-refractivity contribution in [2.75, 3.05) is 25.4 Å². The maximum Gasteiger partial charge on any atom is 0.220 e. The SMILES string of the molecule is CC(C)CNC(=O)CCCCS(=O)(=O)N1CCCCC1. The van der Waals surface area contributed by atoms with Crippen LogP contribution in [0.4, 0.5) is 0 Å². The summed E-state index contributed by atoms with van der Waals surface area (Å²) in [6.07, 6.45) is 4.68. The number of hydrogen-bond donors (Lipinski definition) is 1. The van der Waals surface area contributed by atoms with Gasteiger partial charge in [-0.3, -0.25) is 4.79 Å². The van der Waals surface area contributed by atoms with Gasteiger partial charge in [-0.1, -0.05) is 20.3 Å². The summed E-state index contributed by atoms with van der Waals surface area (Å²) in [4.78, 5) is 11.5. The van der Waals surface area contributed by atoms with Crippen LogP contribution in [-0.4, -0.2) is 44.0 Å². The first-order valence-electron chi connectivity index (χ1n) is 7.66. The number of sulfonamides is 1. The highest BCUT2D eigenvalue weighted by molar-refractivity contribution is 7.89. The molecule has 1 N–H and O–H groups in total. The Kier molecular flexibility index (Phi) is 7.51. The highest BCUT2D eigenvalue weighted by Gasteiger charge is 2.23. The Balaban J connectivity index is 2.18. The topological polar surface area (TPSA) is 66.5 Å². The molecule has 0 saturated carbocycles. The molecule has 5 nitrogen and oxygen atoms in total. The van der Waals surface area contributed by atoms with E-state index in [2.05, 4.69) is 5.32 Å². The van der Waals surface area contributed by atoms with Crippen LogP contribution in [0.5, 0.6) is 0 Å². The second-order valence-corrected chi connectivity index (χ2v) is 8.02. The lowest BCUT2D eigenvalue weighted by Crippen LogP contribution is -2.37.